The minimum absolute atomic E-state index is 0.327. The van der Waals surface area contributed by atoms with E-state index in [4.69, 9.17) is 20.3 Å². The number of amides is 3. The van der Waals surface area contributed by atoms with Crippen LogP contribution in [0.5, 0.6) is 5.75 Å². The first-order chi connectivity index (χ1) is 16.9. The lowest BCUT2D eigenvalue weighted by Crippen LogP contribution is -2.31. The molecule has 35 heavy (non-hydrogen) atoms. The Morgan fingerprint density at radius 3 is 2.60 bits per heavy atom. The summed E-state index contributed by atoms with van der Waals surface area (Å²) in [5.41, 5.74) is 2.61. The molecule has 0 aliphatic carbocycles. The Labute approximate surface area is 204 Å². The average molecular weight is 477 g/mol. The number of aromatic nitrogens is 1. The van der Waals surface area contributed by atoms with Gasteiger partial charge in [-0.15, -0.1) is 12.3 Å². The number of urea groups is 1. The van der Waals surface area contributed by atoms with Gasteiger partial charge in [-0.3, -0.25) is 0 Å². The Hall–Kier alpha value is -4.45. The number of hydrogen-bond acceptors (Lipinski definition) is 6. The standard InChI is InChI=1S/C26H28N4O5/c1-5-8-21(6-2)35-26(32)28-17(3)18-9-7-10-19(13-18)29-25(31)30-20-11-12-22(23(14-20)33-4)24-15-27-16-34-24/h1,7,9-17,21H,6,8H2,2-4H3,(H,28,32)(H2,29,30,31)/t17-,21?/m0/s1. The number of nitrogens with one attached hydrogen (secondary N) is 3. The molecule has 1 aromatic heterocycles. The van der Waals surface area contributed by atoms with Crippen LogP contribution in [0.25, 0.3) is 11.3 Å². The molecule has 2 atom stereocenters. The third kappa shape index (κ3) is 7.01. The van der Waals surface area contributed by atoms with Gasteiger partial charge in [-0.05, 0) is 43.2 Å². The molecule has 0 fully saturated rings. The molecule has 9 nitrogen and oxygen atoms in total. The van der Waals surface area contributed by atoms with Crippen molar-refractivity contribution < 1.29 is 23.5 Å². The predicted molar refractivity (Wildman–Crippen MR) is 133 cm³/mol. The van der Waals surface area contributed by atoms with E-state index in [1.165, 1.54) is 13.5 Å². The maximum absolute atomic E-state index is 12.6. The van der Waals surface area contributed by atoms with E-state index in [-0.39, 0.29) is 12.1 Å². The van der Waals surface area contributed by atoms with Crippen molar-refractivity contribution in [2.75, 3.05) is 17.7 Å². The van der Waals surface area contributed by atoms with E-state index in [0.717, 1.165) is 5.56 Å². The number of alkyl carbamates (subject to hydrolysis) is 1. The smallest absolute Gasteiger partial charge is 0.407 e. The van der Waals surface area contributed by atoms with Gasteiger partial charge >= 0.3 is 12.1 Å². The summed E-state index contributed by atoms with van der Waals surface area (Å²) in [6.45, 7) is 3.73. The molecule has 2 aromatic carbocycles. The second-order valence-corrected chi connectivity index (χ2v) is 7.70. The number of oxazole rings is 1. The highest BCUT2D eigenvalue weighted by atomic mass is 16.6. The van der Waals surface area contributed by atoms with Crippen molar-refractivity contribution in [2.45, 2.75) is 38.8 Å². The SMILES string of the molecule is C#CCC(CC)OC(=O)N[C@@H](C)c1cccc(NC(=O)Nc2ccc(-c3cnco3)c(OC)c2)c1. The molecule has 3 N–H and O–H groups in total. The Kier molecular flexibility index (Phi) is 8.73. The summed E-state index contributed by atoms with van der Waals surface area (Å²) in [5.74, 6) is 3.59. The number of benzene rings is 2. The van der Waals surface area contributed by atoms with Gasteiger partial charge < -0.3 is 29.8 Å². The first-order valence-electron chi connectivity index (χ1n) is 11.1. The van der Waals surface area contributed by atoms with Gasteiger partial charge in [0.25, 0.3) is 0 Å². The molecule has 9 heteroatoms. The highest BCUT2D eigenvalue weighted by molar-refractivity contribution is 6.00. The van der Waals surface area contributed by atoms with E-state index in [1.807, 2.05) is 19.9 Å². The Morgan fingerprint density at radius 2 is 1.94 bits per heavy atom. The minimum Gasteiger partial charge on any atom is -0.496 e. The number of carbonyl (C=O) groups excluding carboxylic acids is 2. The zero-order valence-corrected chi connectivity index (χ0v) is 19.8. The maximum atomic E-state index is 12.6. The molecular formula is C26H28N4O5. The second-order valence-electron chi connectivity index (χ2n) is 7.70. The Bertz CT molecular complexity index is 1190. The van der Waals surface area contributed by atoms with Crippen molar-refractivity contribution in [1.29, 1.82) is 0 Å². The van der Waals surface area contributed by atoms with E-state index in [0.29, 0.717) is 41.3 Å². The molecule has 0 bridgehead atoms. The minimum atomic E-state index is -0.543. The summed E-state index contributed by atoms with van der Waals surface area (Å²) >= 11 is 0. The first-order valence-corrected chi connectivity index (χ1v) is 11.1. The number of ether oxygens (including phenoxy) is 2. The third-order valence-electron chi connectivity index (χ3n) is 5.21. The first kappa shape index (κ1) is 25.2. The van der Waals surface area contributed by atoms with Crippen molar-refractivity contribution >= 4 is 23.5 Å². The van der Waals surface area contributed by atoms with Crippen LogP contribution < -0.4 is 20.7 Å². The van der Waals surface area contributed by atoms with Crippen molar-refractivity contribution in [3.8, 4) is 29.4 Å². The quantitative estimate of drug-likeness (QED) is 0.347. The summed E-state index contributed by atoms with van der Waals surface area (Å²) in [4.78, 5) is 28.7. The van der Waals surface area contributed by atoms with Crippen LogP contribution in [-0.4, -0.2) is 30.3 Å². The summed E-state index contributed by atoms with van der Waals surface area (Å²) < 4.78 is 16.1. The van der Waals surface area contributed by atoms with Crippen LogP contribution in [0.1, 0.15) is 38.3 Å². The van der Waals surface area contributed by atoms with Crippen LogP contribution in [0, 0.1) is 12.3 Å². The number of terminal acetylenes is 1. The fraction of sp³-hybridized carbons (Fsp3) is 0.269. The number of hydrogen-bond donors (Lipinski definition) is 3. The summed E-state index contributed by atoms with van der Waals surface area (Å²) in [6.07, 6.45) is 8.35. The van der Waals surface area contributed by atoms with Gasteiger partial charge in [0.15, 0.2) is 12.2 Å². The summed E-state index contributed by atoms with van der Waals surface area (Å²) in [6, 6.07) is 11.6. The zero-order chi connectivity index (χ0) is 25.2. The fourth-order valence-corrected chi connectivity index (χ4v) is 3.35. The molecule has 3 rings (SSSR count). The molecule has 3 aromatic rings. The van der Waals surface area contributed by atoms with Crippen molar-refractivity contribution in [2.24, 2.45) is 0 Å². The zero-order valence-electron chi connectivity index (χ0n) is 19.8. The maximum Gasteiger partial charge on any atom is 0.407 e. The largest absolute Gasteiger partial charge is 0.496 e. The molecule has 0 aliphatic rings. The average Bonchev–Trinajstić information content (AvgIpc) is 3.38. The molecule has 0 saturated heterocycles. The van der Waals surface area contributed by atoms with Crippen molar-refractivity contribution in [1.82, 2.24) is 10.3 Å². The second kappa shape index (κ2) is 12.1. The molecule has 182 valence electrons. The highest BCUT2D eigenvalue weighted by Gasteiger charge is 2.16. The predicted octanol–water partition coefficient (Wildman–Crippen LogP) is 5.58. The molecular weight excluding hydrogens is 448 g/mol. The van der Waals surface area contributed by atoms with Crippen molar-refractivity contribution in [3.05, 3.63) is 60.6 Å². The topological polar surface area (TPSA) is 115 Å². The lowest BCUT2D eigenvalue weighted by molar-refractivity contribution is 0.0952. The number of rotatable bonds is 9. The van der Waals surface area contributed by atoms with Crippen LogP contribution in [0.15, 0.2) is 59.5 Å². The van der Waals surface area contributed by atoms with E-state index in [2.05, 4.69) is 26.9 Å². The highest BCUT2D eigenvalue weighted by Crippen LogP contribution is 2.32. The van der Waals surface area contributed by atoms with Gasteiger partial charge in [-0.2, -0.15) is 0 Å². The monoisotopic (exact) mass is 476 g/mol. The van der Waals surface area contributed by atoms with E-state index >= 15 is 0 Å². The number of nitrogens with zero attached hydrogens (tertiary/aromatic N) is 1. The van der Waals surface area contributed by atoms with Crippen LogP contribution >= 0.6 is 0 Å². The Morgan fingerprint density at radius 1 is 1.17 bits per heavy atom. The summed E-state index contributed by atoms with van der Waals surface area (Å²) in [5, 5.41) is 8.35. The van der Waals surface area contributed by atoms with Crippen molar-refractivity contribution in [3.63, 3.8) is 0 Å². The number of anilines is 2. The molecule has 3 amide bonds. The van der Waals surface area contributed by atoms with E-state index in [9.17, 15) is 9.59 Å². The van der Waals surface area contributed by atoms with Crippen LogP contribution in [0.3, 0.4) is 0 Å². The lowest BCUT2D eigenvalue weighted by atomic mass is 10.1. The third-order valence-corrected chi connectivity index (χ3v) is 5.21. The fourth-order valence-electron chi connectivity index (χ4n) is 3.35. The van der Waals surface area contributed by atoms with Gasteiger partial charge in [-0.25, -0.2) is 14.6 Å². The summed E-state index contributed by atoms with van der Waals surface area (Å²) in [7, 11) is 1.53. The van der Waals surface area contributed by atoms with E-state index in [1.54, 1.807) is 42.6 Å². The molecule has 1 unspecified atom stereocenters. The van der Waals surface area contributed by atoms with Gasteiger partial charge in [0.05, 0.1) is 24.9 Å². The molecule has 0 spiro atoms. The van der Waals surface area contributed by atoms with Crippen LogP contribution in [0.4, 0.5) is 21.0 Å². The molecule has 1 heterocycles. The normalized spacial score (nSPS) is 12.1. The van der Waals surface area contributed by atoms with Crippen LogP contribution in [0.2, 0.25) is 0 Å². The Balaban J connectivity index is 1.60. The number of methoxy groups -OCH3 is 1. The molecule has 0 aliphatic heterocycles. The van der Waals surface area contributed by atoms with Gasteiger partial charge in [-0.1, -0.05) is 19.1 Å². The van der Waals surface area contributed by atoms with Gasteiger partial charge in [0.2, 0.25) is 0 Å². The van der Waals surface area contributed by atoms with Crippen LogP contribution in [-0.2, 0) is 4.74 Å². The lowest BCUT2D eigenvalue weighted by Gasteiger charge is -2.19. The number of carbonyl (C=O) groups is 2. The molecule has 0 saturated carbocycles. The van der Waals surface area contributed by atoms with E-state index < -0.39 is 12.1 Å². The van der Waals surface area contributed by atoms with Gasteiger partial charge in [0, 0.05) is 23.9 Å². The van der Waals surface area contributed by atoms with Gasteiger partial charge in [0.1, 0.15) is 11.9 Å². The molecule has 0 radical (unpaired) electrons.